The number of nitrogens with zero attached hydrogens (tertiary/aromatic N) is 4. The molecule has 1 rings (SSSR count). The molecule has 0 radical (unpaired) electrons. The maximum Gasteiger partial charge on any atom is 0.333 e. The van der Waals surface area contributed by atoms with Crippen LogP contribution in [0.25, 0.3) is 0 Å². The number of hydrogen-bond donors (Lipinski definition) is 2. The molecule has 1 aromatic rings. The molecule has 1 atom stereocenters. The van der Waals surface area contributed by atoms with Crippen molar-refractivity contribution in [3.63, 3.8) is 0 Å². The number of hydrogen-bond acceptors (Lipinski definition) is 5. The average molecular weight is 214 g/mol. The van der Waals surface area contributed by atoms with Gasteiger partial charge in [0.25, 0.3) is 0 Å². The van der Waals surface area contributed by atoms with Crippen LogP contribution >= 0.6 is 0 Å². The van der Waals surface area contributed by atoms with E-state index in [1.165, 1.54) is 11.0 Å². The summed E-state index contributed by atoms with van der Waals surface area (Å²) in [6, 6.07) is 0. The van der Waals surface area contributed by atoms with Crippen LogP contribution in [0.4, 0.5) is 0 Å². The molecule has 1 aromatic heterocycles. The summed E-state index contributed by atoms with van der Waals surface area (Å²) in [5, 5.41) is 28.7. The van der Waals surface area contributed by atoms with E-state index in [0.29, 0.717) is 13.0 Å². The summed E-state index contributed by atoms with van der Waals surface area (Å²) in [5.41, 5.74) is -0.711. The fourth-order valence-corrected chi connectivity index (χ4v) is 1.16. The summed E-state index contributed by atoms with van der Waals surface area (Å²) in [5.74, 6) is -1.21. The molecular formula is C8H14N4O3. The molecule has 1 heterocycles. The second-order valence-electron chi connectivity index (χ2n) is 4.05. The van der Waals surface area contributed by atoms with E-state index >= 15 is 0 Å². The number of aliphatic carboxylic acids is 1. The minimum absolute atomic E-state index is 0.477. The van der Waals surface area contributed by atoms with Gasteiger partial charge >= 0.3 is 5.97 Å². The second-order valence-corrected chi connectivity index (χ2v) is 4.05. The first-order valence-electron chi connectivity index (χ1n) is 4.55. The first kappa shape index (κ1) is 11.6. The highest BCUT2D eigenvalue weighted by Gasteiger charge is 2.33. The van der Waals surface area contributed by atoms with Crippen LogP contribution in [0.5, 0.6) is 0 Å². The van der Waals surface area contributed by atoms with Crippen molar-refractivity contribution in [2.75, 3.05) is 0 Å². The monoisotopic (exact) mass is 214 g/mol. The molecule has 0 aliphatic heterocycles. The highest BCUT2D eigenvalue weighted by atomic mass is 16.4. The molecule has 0 aliphatic rings. The summed E-state index contributed by atoms with van der Waals surface area (Å²) in [6.45, 7) is 3.86. The molecule has 7 heteroatoms. The molecule has 84 valence electrons. The highest BCUT2D eigenvalue weighted by Crippen LogP contribution is 2.25. The third kappa shape index (κ3) is 2.98. The zero-order valence-corrected chi connectivity index (χ0v) is 8.66. The van der Waals surface area contributed by atoms with Crippen molar-refractivity contribution in [1.82, 2.24) is 20.2 Å². The van der Waals surface area contributed by atoms with E-state index in [4.69, 9.17) is 5.11 Å². The number of aliphatic hydroxyl groups excluding tert-OH is 1. The Morgan fingerprint density at radius 2 is 2.27 bits per heavy atom. The van der Waals surface area contributed by atoms with E-state index in [1.807, 2.05) is 0 Å². The van der Waals surface area contributed by atoms with Crippen LogP contribution in [0.1, 0.15) is 20.3 Å². The van der Waals surface area contributed by atoms with E-state index in [-0.39, 0.29) is 0 Å². The fraction of sp³-hybridized carbons (Fsp3) is 0.750. The van der Waals surface area contributed by atoms with E-state index in [0.717, 1.165) is 0 Å². The van der Waals surface area contributed by atoms with Gasteiger partial charge in [0.1, 0.15) is 6.33 Å². The van der Waals surface area contributed by atoms with Crippen molar-refractivity contribution in [1.29, 1.82) is 0 Å². The molecule has 0 fully saturated rings. The van der Waals surface area contributed by atoms with Gasteiger partial charge in [0, 0.05) is 12.0 Å². The minimum atomic E-state index is -1.38. The van der Waals surface area contributed by atoms with Gasteiger partial charge in [-0.15, -0.1) is 5.10 Å². The van der Waals surface area contributed by atoms with Gasteiger partial charge in [-0.1, -0.05) is 13.8 Å². The molecule has 0 bridgehead atoms. The summed E-state index contributed by atoms with van der Waals surface area (Å²) in [7, 11) is 0. The minimum Gasteiger partial charge on any atom is -0.479 e. The first-order valence-corrected chi connectivity index (χ1v) is 4.55. The molecule has 2 N–H and O–H groups in total. The number of carboxylic acid groups (broad SMARTS) is 1. The van der Waals surface area contributed by atoms with Gasteiger partial charge in [0.05, 0.1) is 0 Å². The number of carboxylic acids is 1. The third-order valence-electron chi connectivity index (χ3n) is 2.35. The summed E-state index contributed by atoms with van der Waals surface area (Å²) >= 11 is 0. The highest BCUT2D eigenvalue weighted by molar-refractivity contribution is 5.72. The Balaban J connectivity index is 2.53. The molecule has 0 aliphatic carbocycles. The molecule has 0 spiro atoms. The van der Waals surface area contributed by atoms with Crippen molar-refractivity contribution in [2.45, 2.75) is 32.9 Å². The SMILES string of the molecule is CC(C)(CCn1cnnn1)C(O)C(=O)O. The van der Waals surface area contributed by atoms with Gasteiger partial charge in [-0.05, 0) is 16.8 Å². The number of aryl methyl sites for hydroxylation is 1. The Bertz CT molecular complexity index is 323. The van der Waals surface area contributed by atoms with Crippen LogP contribution < -0.4 is 0 Å². The first-order chi connectivity index (χ1) is 6.93. The van der Waals surface area contributed by atoms with E-state index in [1.54, 1.807) is 13.8 Å². The third-order valence-corrected chi connectivity index (χ3v) is 2.35. The van der Waals surface area contributed by atoms with Crippen LogP contribution in [0.3, 0.4) is 0 Å². The van der Waals surface area contributed by atoms with Crippen molar-refractivity contribution in [2.24, 2.45) is 5.41 Å². The van der Waals surface area contributed by atoms with Crippen molar-refractivity contribution in [3.05, 3.63) is 6.33 Å². The zero-order chi connectivity index (χ0) is 11.5. The Morgan fingerprint density at radius 1 is 1.60 bits per heavy atom. The van der Waals surface area contributed by atoms with Crippen LogP contribution in [0.15, 0.2) is 6.33 Å². The Hall–Kier alpha value is -1.50. The van der Waals surface area contributed by atoms with E-state index in [9.17, 15) is 9.90 Å². The number of rotatable bonds is 5. The van der Waals surface area contributed by atoms with Crippen molar-refractivity contribution in [3.8, 4) is 0 Å². The molecule has 0 aromatic carbocycles. The lowest BCUT2D eigenvalue weighted by molar-refractivity contribution is -0.153. The smallest absolute Gasteiger partial charge is 0.333 e. The largest absolute Gasteiger partial charge is 0.479 e. The Kier molecular flexibility index (Phi) is 3.35. The second kappa shape index (κ2) is 4.35. The van der Waals surface area contributed by atoms with Gasteiger partial charge in [0.2, 0.25) is 0 Å². The van der Waals surface area contributed by atoms with Gasteiger partial charge in [-0.25, -0.2) is 9.48 Å². The van der Waals surface area contributed by atoms with Crippen molar-refractivity contribution >= 4 is 5.97 Å². The quantitative estimate of drug-likeness (QED) is 0.687. The number of aliphatic hydroxyl groups is 1. The number of tetrazole rings is 1. The average Bonchev–Trinajstić information content (AvgIpc) is 2.66. The van der Waals surface area contributed by atoms with E-state index in [2.05, 4.69) is 15.5 Å². The van der Waals surface area contributed by atoms with Crippen LogP contribution in [0.2, 0.25) is 0 Å². The molecule has 7 nitrogen and oxygen atoms in total. The van der Waals surface area contributed by atoms with Crippen LogP contribution in [0, 0.1) is 5.41 Å². The molecular weight excluding hydrogens is 200 g/mol. The Labute approximate surface area is 86.7 Å². The number of carbonyl (C=O) groups is 1. The summed E-state index contributed by atoms with van der Waals surface area (Å²) < 4.78 is 1.50. The van der Waals surface area contributed by atoms with E-state index < -0.39 is 17.5 Å². The van der Waals surface area contributed by atoms with Gasteiger partial charge in [-0.2, -0.15) is 0 Å². The maximum atomic E-state index is 10.6. The van der Waals surface area contributed by atoms with Gasteiger partial charge in [0.15, 0.2) is 6.10 Å². The molecule has 1 unspecified atom stereocenters. The van der Waals surface area contributed by atoms with Gasteiger partial charge in [-0.3, -0.25) is 0 Å². The topological polar surface area (TPSA) is 101 Å². The van der Waals surface area contributed by atoms with Gasteiger partial charge < -0.3 is 10.2 Å². The van der Waals surface area contributed by atoms with Crippen molar-refractivity contribution < 1.29 is 15.0 Å². The molecule has 0 saturated carbocycles. The lowest BCUT2D eigenvalue weighted by Gasteiger charge is -2.27. The molecule has 0 saturated heterocycles. The summed E-state index contributed by atoms with van der Waals surface area (Å²) in [4.78, 5) is 10.6. The lowest BCUT2D eigenvalue weighted by atomic mass is 9.83. The summed E-state index contributed by atoms with van der Waals surface area (Å²) in [6.07, 6.45) is 0.545. The molecule has 15 heavy (non-hydrogen) atoms. The fourth-order valence-electron chi connectivity index (χ4n) is 1.16. The number of aromatic nitrogens is 4. The lowest BCUT2D eigenvalue weighted by Crippen LogP contribution is -2.37. The predicted molar refractivity (Wildman–Crippen MR) is 49.9 cm³/mol. The van der Waals surface area contributed by atoms with Crippen LogP contribution in [-0.4, -0.2) is 42.5 Å². The zero-order valence-electron chi connectivity index (χ0n) is 8.66. The van der Waals surface area contributed by atoms with Crippen LogP contribution in [-0.2, 0) is 11.3 Å². The standard InChI is InChI=1S/C8H14N4O3/c1-8(2,6(13)7(14)15)3-4-12-5-9-10-11-12/h5-6,13H,3-4H2,1-2H3,(H,14,15). The molecule has 0 amide bonds. The Morgan fingerprint density at radius 3 is 2.73 bits per heavy atom. The predicted octanol–water partition coefficient (Wildman–Crippen LogP) is -0.465. The normalized spacial score (nSPS) is 13.8. The maximum absolute atomic E-state index is 10.6.